The number of primary amides is 1. The first-order chi connectivity index (χ1) is 14.9. The van der Waals surface area contributed by atoms with Gasteiger partial charge in [0.25, 0.3) is 5.91 Å². The Labute approximate surface area is 178 Å². The lowest BCUT2D eigenvalue weighted by Gasteiger charge is -2.31. The monoisotopic (exact) mass is 422 g/mol. The van der Waals surface area contributed by atoms with E-state index in [1.807, 2.05) is 4.90 Å². The fraction of sp³-hybridized carbons (Fsp3) is 0.318. The molecule has 3 heterocycles. The molecule has 160 valence electrons. The number of hydrogen-bond donors (Lipinski definition) is 2. The number of amides is 3. The SMILES string of the molecule is CN1C[C@@H]2C[C@H]1CN2C(=O)c1n[nH]c2ccc(N(Cc3ccc(F)cc3)C(N)=O)cc12. The first-order valence-electron chi connectivity index (χ1n) is 10.2. The molecule has 0 aliphatic carbocycles. The van der Waals surface area contributed by atoms with E-state index in [1.165, 1.54) is 17.0 Å². The van der Waals surface area contributed by atoms with Crippen molar-refractivity contribution in [3.05, 3.63) is 59.5 Å². The minimum Gasteiger partial charge on any atom is -0.351 e. The highest BCUT2D eigenvalue weighted by Crippen LogP contribution is 2.32. The normalized spacial score (nSPS) is 20.5. The number of hydrogen-bond acceptors (Lipinski definition) is 4. The smallest absolute Gasteiger partial charge is 0.319 e. The molecule has 2 atom stereocenters. The minimum absolute atomic E-state index is 0.104. The molecular formula is C22H23FN6O2. The Morgan fingerprint density at radius 1 is 1.19 bits per heavy atom. The van der Waals surface area contributed by atoms with Crippen molar-refractivity contribution < 1.29 is 14.0 Å². The van der Waals surface area contributed by atoms with Crippen molar-refractivity contribution in [2.24, 2.45) is 5.73 Å². The molecule has 0 spiro atoms. The second kappa shape index (κ2) is 7.35. The summed E-state index contributed by atoms with van der Waals surface area (Å²) < 4.78 is 13.2. The number of benzene rings is 2. The Bertz CT molecular complexity index is 1160. The number of halogens is 1. The van der Waals surface area contributed by atoms with Gasteiger partial charge >= 0.3 is 6.03 Å². The predicted molar refractivity (Wildman–Crippen MR) is 114 cm³/mol. The maximum atomic E-state index is 13.2. The van der Waals surface area contributed by atoms with Crippen LogP contribution in [0.5, 0.6) is 0 Å². The van der Waals surface area contributed by atoms with E-state index in [2.05, 4.69) is 22.1 Å². The number of piperazine rings is 1. The fourth-order valence-electron chi connectivity index (χ4n) is 4.65. The molecule has 3 amide bonds. The van der Waals surface area contributed by atoms with Gasteiger partial charge in [-0.2, -0.15) is 5.10 Å². The van der Waals surface area contributed by atoms with Gasteiger partial charge in [-0.25, -0.2) is 9.18 Å². The minimum atomic E-state index is -0.639. The average Bonchev–Trinajstić information content (AvgIpc) is 3.45. The summed E-state index contributed by atoms with van der Waals surface area (Å²) in [4.78, 5) is 31.0. The summed E-state index contributed by atoms with van der Waals surface area (Å²) in [7, 11) is 2.09. The van der Waals surface area contributed by atoms with Crippen molar-refractivity contribution in [1.82, 2.24) is 20.0 Å². The van der Waals surface area contributed by atoms with Crippen LogP contribution in [-0.4, -0.2) is 64.2 Å². The van der Waals surface area contributed by atoms with Crippen LogP contribution in [0.15, 0.2) is 42.5 Å². The summed E-state index contributed by atoms with van der Waals surface area (Å²) >= 11 is 0. The molecule has 2 aromatic carbocycles. The van der Waals surface area contributed by atoms with Crippen molar-refractivity contribution in [3.8, 4) is 0 Å². The molecule has 0 unspecified atom stereocenters. The van der Waals surface area contributed by atoms with Crippen LogP contribution in [0.1, 0.15) is 22.5 Å². The number of aromatic amines is 1. The number of likely N-dealkylation sites (N-methyl/N-ethyl adjacent to an activating group) is 1. The highest BCUT2D eigenvalue weighted by Gasteiger charge is 2.44. The van der Waals surface area contributed by atoms with Gasteiger partial charge in [-0.05, 0) is 49.4 Å². The van der Waals surface area contributed by atoms with Crippen LogP contribution >= 0.6 is 0 Å². The number of nitrogens with two attached hydrogens (primary N) is 1. The van der Waals surface area contributed by atoms with Crippen LogP contribution in [0.25, 0.3) is 10.9 Å². The number of nitrogens with zero attached hydrogens (tertiary/aromatic N) is 4. The second-order valence-corrected chi connectivity index (χ2v) is 8.29. The lowest BCUT2D eigenvalue weighted by atomic mass is 10.1. The van der Waals surface area contributed by atoms with E-state index in [4.69, 9.17) is 5.73 Å². The first-order valence-corrected chi connectivity index (χ1v) is 10.2. The Kier molecular flexibility index (Phi) is 4.62. The molecule has 3 N–H and O–H groups in total. The number of likely N-dealkylation sites (tertiary alicyclic amines) is 2. The zero-order chi connectivity index (χ0) is 21.7. The zero-order valence-corrected chi connectivity index (χ0v) is 17.1. The third-order valence-electron chi connectivity index (χ3n) is 6.36. The van der Waals surface area contributed by atoms with Gasteiger partial charge in [0.2, 0.25) is 0 Å². The predicted octanol–water partition coefficient (Wildman–Crippen LogP) is 2.32. The van der Waals surface area contributed by atoms with Crippen molar-refractivity contribution in [2.75, 3.05) is 25.0 Å². The van der Waals surface area contributed by atoms with Crippen LogP contribution in [0.2, 0.25) is 0 Å². The number of rotatable bonds is 4. The van der Waals surface area contributed by atoms with E-state index in [9.17, 15) is 14.0 Å². The molecule has 9 heteroatoms. The maximum absolute atomic E-state index is 13.2. The van der Waals surface area contributed by atoms with Gasteiger partial charge in [-0.1, -0.05) is 12.1 Å². The van der Waals surface area contributed by atoms with Gasteiger partial charge in [-0.15, -0.1) is 0 Å². The van der Waals surface area contributed by atoms with Crippen LogP contribution in [0.3, 0.4) is 0 Å². The highest BCUT2D eigenvalue weighted by molar-refractivity contribution is 6.06. The Balaban J connectivity index is 1.45. The van der Waals surface area contributed by atoms with Crippen LogP contribution in [0.4, 0.5) is 14.9 Å². The van der Waals surface area contributed by atoms with E-state index in [1.54, 1.807) is 30.3 Å². The topological polar surface area (TPSA) is 98.6 Å². The number of anilines is 1. The molecule has 8 nitrogen and oxygen atoms in total. The Hall–Kier alpha value is -3.46. The molecule has 2 saturated heterocycles. The highest BCUT2D eigenvalue weighted by atomic mass is 19.1. The van der Waals surface area contributed by atoms with Crippen LogP contribution < -0.4 is 10.6 Å². The molecule has 2 bridgehead atoms. The molecule has 5 rings (SSSR count). The van der Waals surface area contributed by atoms with Crippen molar-refractivity contribution in [3.63, 3.8) is 0 Å². The maximum Gasteiger partial charge on any atom is 0.319 e. The van der Waals surface area contributed by atoms with Crippen LogP contribution in [-0.2, 0) is 6.54 Å². The van der Waals surface area contributed by atoms with Gasteiger partial charge in [-0.3, -0.25) is 19.7 Å². The molecule has 2 aliphatic heterocycles. The van der Waals surface area contributed by atoms with Gasteiger partial charge < -0.3 is 10.6 Å². The summed E-state index contributed by atoms with van der Waals surface area (Å²) in [6.07, 6.45) is 0.989. The summed E-state index contributed by atoms with van der Waals surface area (Å²) in [6, 6.07) is 11.1. The summed E-state index contributed by atoms with van der Waals surface area (Å²) in [5.74, 6) is -0.452. The number of nitrogens with one attached hydrogen (secondary N) is 1. The Morgan fingerprint density at radius 2 is 1.97 bits per heavy atom. The van der Waals surface area contributed by atoms with Gasteiger partial charge in [0.15, 0.2) is 5.69 Å². The lowest BCUT2D eigenvalue weighted by molar-refractivity contribution is 0.0646. The van der Waals surface area contributed by atoms with E-state index in [-0.39, 0.29) is 24.3 Å². The third kappa shape index (κ3) is 3.40. The number of aromatic nitrogens is 2. The fourth-order valence-corrected chi connectivity index (χ4v) is 4.65. The van der Waals surface area contributed by atoms with Gasteiger partial charge in [0.1, 0.15) is 5.82 Å². The largest absolute Gasteiger partial charge is 0.351 e. The summed E-state index contributed by atoms with van der Waals surface area (Å²) in [6.45, 7) is 1.76. The van der Waals surface area contributed by atoms with Crippen molar-refractivity contribution >= 4 is 28.5 Å². The third-order valence-corrected chi connectivity index (χ3v) is 6.36. The number of carbonyl (C=O) groups excluding carboxylic acids is 2. The summed E-state index contributed by atoms with van der Waals surface area (Å²) in [5.41, 5.74) is 7.96. The second-order valence-electron chi connectivity index (χ2n) is 8.29. The standard InChI is InChI=1S/C22H23FN6O2/c1-27-11-17-8-16(27)12-28(17)21(30)20-18-9-15(6-7-19(18)25-26-20)29(22(24)31)10-13-2-4-14(23)5-3-13/h2-7,9,16-17H,8,10-12H2,1H3,(H2,24,31)(H,25,26)/t16-,17-/m0/s1. The van der Waals surface area contributed by atoms with E-state index < -0.39 is 6.03 Å². The average molecular weight is 422 g/mol. The summed E-state index contributed by atoms with van der Waals surface area (Å²) in [5, 5.41) is 7.83. The molecule has 2 fully saturated rings. The number of H-pyrrole nitrogens is 1. The van der Waals surface area contributed by atoms with E-state index >= 15 is 0 Å². The zero-order valence-electron chi connectivity index (χ0n) is 17.1. The molecule has 0 saturated carbocycles. The van der Waals surface area contributed by atoms with Crippen molar-refractivity contribution in [2.45, 2.75) is 25.0 Å². The molecule has 31 heavy (non-hydrogen) atoms. The van der Waals surface area contributed by atoms with Gasteiger partial charge in [0.05, 0.1) is 12.1 Å². The lowest BCUT2D eigenvalue weighted by Crippen LogP contribution is -2.47. The molecule has 1 aromatic heterocycles. The number of fused-ring (bicyclic) bond motifs is 3. The van der Waals surface area contributed by atoms with E-state index in [0.717, 1.165) is 18.5 Å². The molecular weight excluding hydrogens is 399 g/mol. The molecule has 0 radical (unpaired) electrons. The molecule has 2 aliphatic rings. The van der Waals surface area contributed by atoms with Crippen molar-refractivity contribution in [1.29, 1.82) is 0 Å². The van der Waals surface area contributed by atoms with E-state index in [0.29, 0.717) is 34.9 Å². The number of carbonyl (C=O) groups is 2. The van der Waals surface area contributed by atoms with Crippen LogP contribution in [0, 0.1) is 5.82 Å². The quantitative estimate of drug-likeness (QED) is 0.674. The first kappa shape index (κ1) is 19.5. The van der Waals surface area contributed by atoms with Gasteiger partial charge in [0, 0.05) is 36.2 Å². The number of urea groups is 1. The Morgan fingerprint density at radius 3 is 2.61 bits per heavy atom. The molecule has 3 aromatic rings.